The molecule has 0 amide bonds. The first kappa shape index (κ1) is 15.7. The largest absolute Gasteiger partial charge is 0.387 e. The maximum Gasteiger partial charge on any atom is 0.181 e. The number of rotatable bonds is 4. The number of sulfone groups is 1. The average molecular weight is 308 g/mol. The van der Waals surface area contributed by atoms with Crippen LogP contribution in [-0.4, -0.2) is 19.3 Å². The van der Waals surface area contributed by atoms with Crippen LogP contribution in [-0.2, 0) is 9.84 Å². The molecule has 1 N–H and O–H groups in total. The van der Waals surface area contributed by atoms with E-state index in [9.17, 15) is 17.9 Å². The lowest BCUT2D eigenvalue weighted by molar-refractivity contribution is 0.201. The van der Waals surface area contributed by atoms with Crippen LogP contribution in [0.2, 0.25) is 0 Å². The third-order valence-electron chi connectivity index (χ3n) is 3.45. The van der Waals surface area contributed by atoms with Crippen LogP contribution in [0.1, 0.15) is 22.8 Å². The highest BCUT2D eigenvalue weighted by molar-refractivity contribution is 7.91. The molecule has 0 aliphatic heterocycles. The molecule has 5 heteroatoms. The summed E-state index contributed by atoms with van der Waals surface area (Å²) in [6.07, 6.45) is -1.14. The van der Waals surface area contributed by atoms with E-state index in [-0.39, 0.29) is 4.90 Å². The van der Waals surface area contributed by atoms with Gasteiger partial charge in [-0.15, -0.1) is 0 Å². The minimum atomic E-state index is -3.74. The fourth-order valence-corrected chi connectivity index (χ4v) is 3.41. The van der Waals surface area contributed by atoms with E-state index < -0.39 is 27.5 Å². The Morgan fingerprint density at radius 3 is 2.43 bits per heavy atom. The second kappa shape index (κ2) is 5.95. The van der Waals surface area contributed by atoms with Crippen LogP contribution in [0.25, 0.3) is 0 Å². The zero-order valence-corrected chi connectivity index (χ0v) is 12.7. The molecule has 0 aliphatic carbocycles. The average Bonchev–Trinajstić information content (AvgIpc) is 2.41. The monoisotopic (exact) mass is 308 g/mol. The zero-order valence-electron chi connectivity index (χ0n) is 11.9. The van der Waals surface area contributed by atoms with Crippen molar-refractivity contribution in [2.24, 2.45) is 0 Å². The summed E-state index contributed by atoms with van der Waals surface area (Å²) in [6, 6.07) is 10.1. The van der Waals surface area contributed by atoms with Crippen LogP contribution in [0.4, 0.5) is 4.39 Å². The smallest absolute Gasteiger partial charge is 0.181 e. The van der Waals surface area contributed by atoms with E-state index in [0.29, 0.717) is 5.56 Å². The van der Waals surface area contributed by atoms with Gasteiger partial charge in [-0.3, -0.25) is 0 Å². The van der Waals surface area contributed by atoms with Gasteiger partial charge >= 0.3 is 0 Å². The summed E-state index contributed by atoms with van der Waals surface area (Å²) in [5.74, 6) is -1.09. The van der Waals surface area contributed by atoms with Gasteiger partial charge in [0.2, 0.25) is 0 Å². The van der Waals surface area contributed by atoms with Crippen molar-refractivity contribution in [3.63, 3.8) is 0 Å². The van der Waals surface area contributed by atoms with Gasteiger partial charge in [-0.05, 0) is 48.7 Å². The van der Waals surface area contributed by atoms with Crippen molar-refractivity contribution >= 4 is 9.84 Å². The highest BCUT2D eigenvalue weighted by atomic mass is 32.2. The standard InChI is InChI=1S/C16H17FO3S/c1-11-6-7-13(8-12(11)2)16(18)10-21(19,20)15-5-3-4-14(17)9-15/h3-9,16,18H,10H2,1-2H3. The SMILES string of the molecule is Cc1ccc(C(O)CS(=O)(=O)c2cccc(F)c2)cc1C. The predicted molar refractivity (Wildman–Crippen MR) is 79.3 cm³/mol. The fourth-order valence-electron chi connectivity index (χ4n) is 2.03. The number of halogens is 1. The molecule has 0 fully saturated rings. The van der Waals surface area contributed by atoms with Crippen molar-refractivity contribution in [1.29, 1.82) is 0 Å². The van der Waals surface area contributed by atoms with Crippen LogP contribution in [0.15, 0.2) is 47.4 Å². The van der Waals surface area contributed by atoms with Gasteiger partial charge in [-0.2, -0.15) is 0 Å². The Kier molecular flexibility index (Phi) is 4.44. The highest BCUT2D eigenvalue weighted by Crippen LogP contribution is 2.22. The van der Waals surface area contributed by atoms with Crippen molar-refractivity contribution in [3.05, 3.63) is 65.0 Å². The predicted octanol–water partition coefficient (Wildman–Crippen LogP) is 2.95. The van der Waals surface area contributed by atoms with Crippen molar-refractivity contribution in [2.75, 3.05) is 5.75 Å². The van der Waals surface area contributed by atoms with E-state index in [2.05, 4.69) is 0 Å². The summed E-state index contributed by atoms with van der Waals surface area (Å²) in [7, 11) is -3.74. The Bertz CT molecular complexity index is 754. The third kappa shape index (κ3) is 3.68. The second-order valence-corrected chi connectivity index (χ2v) is 7.13. The van der Waals surface area contributed by atoms with E-state index in [1.165, 1.54) is 18.2 Å². The van der Waals surface area contributed by atoms with Gasteiger partial charge in [0.15, 0.2) is 9.84 Å². The lowest BCUT2D eigenvalue weighted by Gasteiger charge is -2.13. The molecule has 0 heterocycles. The van der Waals surface area contributed by atoms with Gasteiger partial charge < -0.3 is 5.11 Å². The lowest BCUT2D eigenvalue weighted by Crippen LogP contribution is -2.15. The molecule has 1 unspecified atom stereocenters. The minimum absolute atomic E-state index is 0.120. The summed E-state index contributed by atoms with van der Waals surface area (Å²) >= 11 is 0. The van der Waals surface area contributed by atoms with Crippen LogP contribution in [0, 0.1) is 19.7 Å². The molecule has 0 saturated heterocycles. The van der Waals surface area contributed by atoms with Gasteiger partial charge in [0.1, 0.15) is 5.82 Å². The first-order chi connectivity index (χ1) is 9.79. The molecule has 0 aliphatic rings. The molecule has 2 aromatic carbocycles. The fraction of sp³-hybridized carbons (Fsp3) is 0.250. The number of hydrogen-bond acceptors (Lipinski definition) is 3. The number of benzene rings is 2. The molecule has 0 saturated carbocycles. The normalized spacial score (nSPS) is 13.1. The molecule has 21 heavy (non-hydrogen) atoms. The van der Waals surface area contributed by atoms with Gasteiger partial charge in [0.05, 0.1) is 16.8 Å². The molecule has 3 nitrogen and oxygen atoms in total. The Balaban J connectivity index is 2.25. The molecule has 2 aromatic rings. The zero-order chi connectivity index (χ0) is 15.6. The molecule has 0 radical (unpaired) electrons. The van der Waals surface area contributed by atoms with E-state index in [0.717, 1.165) is 17.2 Å². The molecule has 1 atom stereocenters. The summed E-state index contributed by atoms with van der Waals surface area (Å²) in [5.41, 5.74) is 2.59. The van der Waals surface area contributed by atoms with Crippen molar-refractivity contribution in [1.82, 2.24) is 0 Å². The van der Waals surface area contributed by atoms with Gasteiger partial charge in [-0.25, -0.2) is 12.8 Å². The highest BCUT2D eigenvalue weighted by Gasteiger charge is 2.21. The number of aryl methyl sites for hydroxylation is 2. The molecule has 2 rings (SSSR count). The maximum atomic E-state index is 13.1. The molecule has 0 bridgehead atoms. The Morgan fingerprint density at radius 1 is 1.10 bits per heavy atom. The van der Waals surface area contributed by atoms with Crippen LogP contribution in [0.3, 0.4) is 0 Å². The van der Waals surface area contributed by atoms with Crippen LogP contribution >= 0.6 is 0 Å². The van der Waals surface area contributed by atoms with Crippen LogP contribution < -0.4 is 0 Å². The van der Waals surface area contributed by atoms with Crippen molar-refractivity contribution < 1.29 is 17.9 Å². The molecule has 112 valence electrons. The lowest BCUT2D eigenvalue weighted by atomic mass is 10.0. The summed E-state index contributed by atoms with van der Waals surface area (Å²) in [6.45, 7) is 3.83. The van der Waals surface area contributed by atoms with Crippen LogP contribution in [0.5, 0.6) is 0 Å². The summed E-state index contributed by atoms with van der Waals surface area (Å²) < 4.78 is 37.5. The minimum Gasteiger partial charge on any atom is -0.387 e. The second-order valence-electron chi connectivity index (χ2n) is 5.10. The summed E-state index contributed by atoms with van der Waals surface area (Å²) in [5, 5.41) is 10.1. The quantitative estimate of drug-likeness (QED) is 0.945. The van der Waals surface area contributed by atoms with E-state index in [1.807, 2.05) is 19.9 Å². The Labute approximate surface area is 124 Å². The van der Waals surface area contributed by atoms with Gasteiger partial charge in [0.25, 0.3) is 0 Å². The summed E-state index contributed by atoms with van der Waals surface area (Å²) in [4.78, 5) is -0.120. The molecular formula is C16H17FO3S. The topological polar surface area (TPSA) is 54.4 Å². The Hall–Kier alpha value is -1.72. The number of hydrogen-bond donors (Lipinski definition) is 1. The number of aliphatic hydroxyl groups excluding tert-OH is 1. The van der Waals surface area contributed by atoms with E-state index in [1.54, 1.807) is 12.1 Å². The maximum absolute atomic E-state index is 13.1. The van der Waals surface area contributed by atoms with E-state index in [4.69, 9.17) is 0 Å². The van der Waals surface area contributed by atoms with E-state index >= 15 is 0 Å². The molecule has 0 aromatic heterocycles. The number of aliphatic hydroxyl groups is 1. The third-order valence-corrected chi connectivity index (χ3v) is 5.17. The van der Waals surface area contributed by atoms with Gasteiger partial charge in [-0.1, -0.05) is 24.3 Å². The molecular weight excluding hydrogens is 291 g/mol. The van der Waals surface area contributed by atoms with Crippen molar-refractivity contribution in [3.8, 4) is 0 Å². The first-order valence-corrected chi connectivity index (χ1v) is 8.18. The molecule has 0 spiro atoms. The van der Waals surface area contributed by atoms with Gasteiger partial charge in [0, 0.05) is 0 Å². The Morgan fingerprint density at radius 2 is 1.81 bits per heavy atom. The first-order valence-electron chi connectivity index (χ1n) is 6.53. The van der Waals surface area contributed by atoms with Crippen molar-refractivity contribution in [2.45, 2.75) is 24.8 Å².